The van der Waals surface area contributed by atoms with E-state index in [4.69, 9.17) is 0 Å². The second-order valence-electron chi connectivity index (χ2n) is 3.80. The Kier molecular flexibility index (Phi) is 4.82. The molecule has 0 bridgehead atoms. The van der Waals surface area contributed by atoms with Crippen LogP contribution in [0.3, 0.4) is 0 Å². The molecule has 1 aromatic rings. The maximum atomic E-state index is 11.2. The molecule has 0 fully saturated rings. The molecule has 0 atom stereocenters. The molecular formula is C14H18O. The number of carbonyl (C=O) groups is 1. The van der Waals surface area contributed by atoms with Gasteiger partial charge in [0.25, 0.3) is 0 Å². The Morgan fingerprint density at radius 2 is 1.93 bits per heavy atom. The SMILES string of the molecule is CCC(=O)/C=C(\C)CCc1ccccc1. The lowest BCUT2D eigenvalue weighted by atomic mass is 10.0. The van der Waals surface area contributed by atoms with Crippen LogP contribution in [0, 0.1) is 0 Å². The quantitative estimate of drug-likeness (QED) is 0.667. The molecule has 1 aromatic carbocycles. The van der Waals surface area contributed by atoms with Crippen LogP contribution < -0.4 is 0 Å². The van der Waals surface area contributed by atoms with Crippen LogP contribution in [0.25, 0.3) is 0 Å². The van der Waals surface area contributed by atoms with E-state index in [9.17, 15) is 4.79 Å². The molecule has 1 heteroatoms. The Morgan fingerprint density at radius 3 is 2.53 bits per heavy atom. The molecule has 0 heterocycles. The van der Waals surface area contributed by atoms with E-state index in [2.05, 4.69) is 12.1 Å². The Hall–Kier alpha value is -1.37. The van der Waals surface area contributed by atoms with E-state index >= 15 is 0 Å². The minimum Gasteiger partial charge on any atom is -0.295 e. The second-order valence-corrected chi connectivity index (χ2v) is 3.80. The predicted octanol–water partition coefficient (Wildman–Crippen LogP) is 3.54. The number of rotatable bonds is 5. The van der Waals surface area contributed by atoms with E-state index in [-0.39, 0.29) is 5.78 Å². The van der Waals surface area contributed by atoms with Gasteiger partial charge < -0.3 is 0 Å². The lowest BCUT2D eigenvalue weighted by molar-refractivity contribution is -0.114. The number of carbonyl (C=O) groups excluding carboxylic acids is 1. The summed E-state index contributed by atoms with van der Waals surface area (Å²) in [6.07, 6.45) is 4.35. The van der Waals surface area contributed by atoms with Crippen LogP contribution in [0.1, 0.15) is 32.3 Å². The fraction of sp³-hybridized carbons (Fsp3) is 0.357. The lowest BCUT2D eigenvalue weighted by Gasteiger charge is -2.01. The molecule has 0 spiro atoms. The minimum atomic E-state index is 0.223. The molecule has 0 unspecified atom stereocenters. The van der Waals surface area contributed by atoms with E-state index in [0.29, 0.717) is 6.42 Å². The zero-order chi connectivity index (χ0) is 11.1. The third-order valence-corrected chi connectivity index (χ3v) is 2.41. The molecule has 15 heavy (non-hydrogen) atoms. The molecule has 0 saturated heterocycles. The summed E-state index contributed by atoms with van der Waals surface area (Å²) in [5.74, 6) is 0.223. The standard InChI is InChI=1S/C14H18O/c1-3-14(15)11-12(2)9-10-13-7-5-4-6-8-13/h4-8,11H,3,9-10H2,1-2H3/b12-11+. The van der Waals surface area contributed by atoms with Gasteiger partial charge in [-0.05, 0) is 31.4 Å². The van der Waals surface area contributed by atoms with Crippen LogP contribution >= 0.6 is 0 Å². The molecule has 80 valence electrons. The number of aryl methyl sites for hydroxylation is 1. The maximum Gasteiger partial charge on any atom is 0.155 e. The van der Waals surface area contributed by atoms with E-state index in [1.807, 2.05) is 32.0 Å². The van der Waals surface area contributed by atoms with Gasteiger partial charge in [-0.1, -0.05) is 42.8 Å². The minimum absolute atomic E-state index is 0.223. The molecule has 0 aliphatic carbocycles. The smallest absolute Gasteiger partial charge is 0.155 e. The molecule has 0 saturated carbocycles. The van der Waals surface area contributed by atoms with Gasteiger partial charge >= 0.3 is 0 Å². The average Bonchev–Trinajstić information content (AvgIpc) is 2.27. The van der Waals surface area contributed by atoms with Gasteiger partial charge in [0.15, 0.2) is 5.78 Å². The molecule has 0 radical (unpaired) electrons. The van der Waals surface area contributed by atoms with Crippen molar-refractivity contribution in [2.24, 2.45) is 0 Å². The van der Waals surface area contributed by atoms with Crippen molar-refractivity contribution in [3.63, 3.8) is 0 Å². The van der Waals surface area contributed by atoms with Gasteiger partial charge in [-0.2, -0.15) is 0 Å². The maximum absolute atomic E-state index is 11.2. The summed E-state index contributed by atoms with van der Waals surface area (Å²) in [6.45, 7) is 3.92. The summed E-state index contributed by atoms with van der Waals surface area (Å²) in [5, 5.41) is 0. The lowest BCUT2D eigenvalue weighted by Crippen LogP contribution is -1.92. The first-order valence-electron chi connectivity index (χ1n) is 5.46. The van der Waals surface area contributed by atoms with Gasteiger partial charge in [0.05, 0.1) is 0 Å². The highest BCUT2D eigenvalue weighted by molar-refractivity contribution is 5.89. The van der Waals surface area contributed by atoms with Crippen molar-refractivity contribution in [1.29, 1.82) is 0 Å². The summed E-state index contributed by atoms with van der Waals surface area (Å²) in [5.41, 5.74) is 2.50. The largest absolute Gasteiger partial charge is 0.295 e. The molecular weight excluding hydrogens is 184 g/mol. The Balaban J connectivity index is 2.44. The number of ketones is 1. The molecule has 0 aromatic heterocycles. The first-order valence-corrected chi connectivity index (χ1v) is 5.46. The van der Waals surface area contributed by atoms with E-state index < -0.39 is 0 Å². The number of allylic oxidation sites excluding steroid dienone is 2. The fourth-order valence-electron chi connectivity index (χ4n) is 1.44. The van der Waals surface area contributed by atoms with Gasteiger partial charge in [0.1, 0.15) is 0 Å². The van der Waals surface area contributed by atoms with Gasteiger partial charge in [-0.3, -0.25) is 4.79 Å². The third-order valence-electron chi connectivity index (χ3n) is 2.41. The van der Waals surface area contributed by atoms with E-state index in [1.54, 1.807) is 6.08 Å². The summed E-state index contributed by atoms with van der Waals surface area (Å²) in [4.78, 5) is 11.2. The summed E-state index contributed by atoms with van der Waals surface area (Å²) < 4.78 is 0. The second kappa shape index (κ2) is 6.18. The highest BCUT2D eigenvalue weighted by Crippen LogP contribution is 2.08. The highest BCUT2D eigenvalue weighted by atomic mass is 16.1. The number of hydrogen-bond donors (Lipinski definition) is 0. The van der Waals surface area contributed by atoms with Gasteiger partial charge in [-0.15, -0.1) is 0 Å². The van der Waals surface area contributed by atoms with Crippen molar-refractivity contribution in [1.82, 2.24) is 0 Å². The normalized spacial score (nSPS) is 11.5. The van der Waals surface area contributed by atoms with E-state index in [1.165, 1.54) is 11.1 Å². The first-order chi connectivity index (χ1) is 7.22. The Bertz CT molecular complexity index is 336. The van der Waals surface area contributed by atoms with Crippen LogP contribution in [-0.2, 0) is 11.2 Å². The molecule has 0 aliphatic rings. The predicted molar refractivity (Wildman–Crippen MR) is 63.8 cm³/mol. The van der Waals surface area contributed by atoms with Crippen molar-refractivity contribution < 1.29 is 4.79 Å². The van der Waals surface area contributed by atoms with Crippen molar-refractivity contribution >= 4 is 5.78 Å². The number of benzene rings is 1. The van der Waals surface area contributed by atoms with Gasteiger partial charge in [0.2, 0.25) is 0 Å². The topological polar surface area (TPSA) is 17.1 Å². The Morgan fingerprint density at radius 1 is 1.27 bits per heavy atom. The van der Waals surface area contributed by atoms with Gasteiger partial charge in [-0.25, -0.2) is 0 Å². The monoisotopic (exact) mass is 202 g/mol. The molecule has 1 rings (SSSR count). The summed E-state index contributed by atoms with van der Waals surface area (Å²) in [6, 6.07) is 10.4. The van der Waals surface area contributed by atoms with Crippen molar-refractivity contribution in [3.05, 3.63) is 47.5 Å². The van der Waals surface area contributed by atoms with Crippen molar-refractivity contribution in [2.45, 2.75) is 33.1 Å². The molecule has 0 amide bonds. The van der Waals surface area contributed by atoms with Crippen LogP contribution in [0.15, 0.2) is 42.0 Å². The first kappa shape index (κ1) is 11.7. The van der Waals surface area contributed by atoms with E-state index in [0.717, 1.165) is 12.8 Å². The summed E-state index contributed by atoms with van der Waals surface area (Å²) in [7, 11) is 0. The molecule has 1 nitrogen and oxygen atoms in total. The van der Waals surface area contributed by atoms with Crippen LogP contribution in [-0.4, -0.2) is 5.78 Å². The zero-order valence-electron chi connectivity index (χ0n) is 9.49. The van der Waals surface area contributed by atoms with Crippen LogP contribution in [0.5, 0.6) is 0 Å². The fourth-order valence-corrected chi connectivity index (χ4v) is 1.44. The highest BCUT2D eigenvalue weighted by Gasteiger charge is 1.96. The zero-order valence-corrected chi connectivity index (χ0v) is 9.49. The van der Waals surface area contributed by atoms with Crippen LogP contribution in [0.4, 0.5) is 0 Å². The molecule has 0 N–H and O–H groups in total. The summed E-state index contributed by atoms with van der Waals surface area (Å²) >= 11 is 0. The van der Waals surface area contributed by atoms with Crippen molar-refractivity contribution in [3.8, 4) is 0 Å². The molecule has 0 aliphatic heterocycles. The average molecular weight is 202 g/mol. The van der Waals surface area contributed by atoms with Gasteiger partial charge in [0, 0.05) is 6.42 Å². The Labute approximate surface area is 91.8 Å². The number of hydrogen-bond acceptors (Lipinski definition) is 1. The van der Waals surface area contributed by atoms with Crippen LogP contribution in [0.2, 0.25) is 0 Å². The van der Waals surface area contributed by atoms with Crippen molar-refractivity contribution in [2.75, 3.05) is 0 Å². The third kappa shape index (κ3) is 4.59.